The summed E-state index contributed by atoms with van der Waals surface area (Å²) in [5.41, 5.74) is 3.47. The molecule has 0 atom stereocenters. The summed E-state index contributed by atoms with van der Waals surface area (Å²) in [4.78, 5) is 25.3. The number of para-hydroxylation sites is 1. The van der Waals surface area contributed by atoms with Crippen molar-refractivity contribution in [2.75, 3.05) is 0 Å². The highest BCUT2D eigenvalue weighted by Crippen LogP contribution is 2.25. The third kappa shape index (κ3) is 3.29. The summed E-state index contributed by atoms with van der Waals surface area (Å²) >= 11 is 6.18. The van der Waals surface area contributed by atoms with Gasteiger partial charge in [0.2, 0.25) is 0 Å². The first-order valence-electron chi connectivity index (χ1n) is 7.16. The monoisotopic (exact) mass is 326 g/mol. The Labute approximate surface area is 138 Å². The molecule has 0 bridgehead atoms. The van der Waals surface area contributed by atoms with Gasteiger partial charge in [0.05, 0.1) is 40.2 Å². The number of hydrogen-bond donors (Lipinski definition) is 1. The van der Waals surface area contributed by atoms with Gasteiger partial charge in [-0.1, -0.05) is 23.7 Å². The highest BCUT2D eigenvalue weighted by molar-refractivity contribution is 6.35. The molecule has 1 amide bonds. The molecule has 2 heterocycles. The fourth-order valence-corrected chi connectivity index (χ4v) is 2.52. The Morgan fingerprint density at radius 3 is 2.74 bits per heavy atom. The third-order valence-electron chi connectivity index (χ3n) is 3.43. The molecule has 0 aliphatic heterocycles. The van der Waals surface area contributed by atoms with Crippen LogP contribution in [0.4, 0.5) is 0 Å². The van der Waals surface area contributed by atoms with E-state index in [1.54, 1.807) is 24.5 Å². The van der Waals surface area contributed by atoms with Crippen LogP contribution >= 0.6 is 11.6 Å². The number of nitrogens with one attached hydrogen (secondary N) is 1. The maximum absolute atomic E-state index is 12.5. The molecule has 6 heteroatoms. The lowest BCUT2D eigenvalue weighted by Gasteiger charge is -2.09. The van der Waals surface area contributed by atoms with E-state index in [-0.39, 0.29) is 5.91 Å². The Morgan fingerprint density at radius 2 is 2.00 bits per heavy atom. The standard InChI is InChI=1S/C17H15ClN4O/c1-10-6-14(13-4-3-5-15(18)16(13)22-10)17(23)21-9-12-8-19-11(2)7-20-12/h3-8H,9H2,1-2H3,(H,21,23). The lowest BCUT2D eigenvalue weighted by Crippen LogP contribution is -2.24. The van der Waals surface area contributed by atoms with Gasteiger partial charge in [-0.15, -0.1) is 0 Å². The number of aromatic nitrogens is 3. The molecule has 0 saturated carbocycles. The second-order valence-corrected chi connectivity index (χ2v) is 5.69. The fraction of sp³-hybridized carbons (Fsp3) is 0.176. The zero-order chi connectivity index (χ0) is 16.4. The highest BCUT2D eigenvalue weighted by atomic mass is 35.5. The van der Waals surface area contributed by atoms with E-state index in [0.717, 1.165) is 16.8 Å². The summed E-state index contributed by atoms with van der Waals surface area (Å²) in [5.74, 6) is -0.190. The molecule has 0 radical (unpaired) electrons. The number of fused-ring (bicyclic) bond motifs is 1. The van der Waals surface area contributed by atoms with Crippen molar-refractivity contribution in [1.82, 2.24) is 20.3 Å². The van der Waals surface area contributed by atoms with Crippen molar-refractivity contribution >= 4 is 28.4 Å². The molecule has 0 saturated heterocycles. The number of hydrogen-bond acceptors (Lipinski definition) is 4. The zero-order valence-corrected chi connectivity index (χ0v) is 13.6. The van der Waals surface area contributed by atoms with Gasteiger partial charge in [0.15, 0.2) is 0 Å². The van der Waals surface area contributed by atoms with Crippen LogP contribution in [0.3, 0.4) is 0 Å². The number of carbonyl (C=O) groups is 1. The van der Waals surface area contributed by atoms with Crippen LogP contribution in [-0.4, -0.2) is 20.9 Å². The topological polar surface area (TPSA) is 67.8 Å². The number of carbonyl (C=O) groups excluding carboxylic acids is 1. The average molecular weight is 327 g/mol. The van der Waals surface area contributed by atoms with E-state index in [1.165, 1.54) is 0 Å². The summed E-state index contributed by atoms with van der Waals surface area (Å²) in [6.07, 6.45) is 3.33. The van der Waals surface area contributed by atoms with Gasteiger partial charge >= 0.3 is 0 Å². The molecular formula is C17H15ClN4O. The van der Waals surface area contributed by atoms with Crippen LogP contribution in [0.1, 0.15) is 27.4 Å². The van der Waals surface area contributed by atoms with E-state index in [2.05, 4.69) is 20.3 Å². The first-order valence-corrected chi connectivity index (χ1v) is 7.54. The predicted octanol–water partition coefficient (Wildman–Crippen LogP) is 3.23. The minimum atomic E-state index is -0.190. The van der Waals surface area contributed by atoms with Crippen LogP contribution in [0.2, 0.25) is 5.02 Å². The summed E-state index contributed by atoms with van der Waals surface area (Å²) < 4.78 is 0. The molecule has 3 rings (SSSR count). The summed E-state index contributed by atoms with van der Waals surface area (Å²) in [6, 6.07) is 7.17. The van der Waals surface area contributed by atoms with E-state index in [4.69, 9.17) is 11.6 Å². The average Bonchev–Trinajstić information content (AvgIpc) is 2.54. The number of benzene rings is 1. The molecule has 0 unspecified atom stereocenters. The van der Waals surface area contributed by atoms with Gasteiger partial charge in [0.1, 0.15) is 0 Å². The minimum absolute atomic E-state index is 0.190. The Morgan fingerprint density at radius 1 is 1.17 bits per heavy atom. The maximum atomic E-state index is 12.5. The third-order valence-corrected chi connectivity index (χ3v) is 3.73. The SMILES string of the molecule is Cc1cnc(CNC(=O)c2cc(C)nc3c(Cl)cccc23)cn1. The van der Waals surface area contributed by atoms with Crippen molar-refractivity contribution in [3.63, 3.8) is 0 Å². The molecular weight excluding hydrogens is 312 g/mol. The van der Waals surface area contributed by atoms with Crippen LogP contribution in [-0.2, 0) is 6.54 Å². The van der Waals surface area contributed by atoms with Crippen LogP contribution in [0.5, 0.6) is 0 Å². The molecule has 0 aliphatic rings. The fourth-order valence-electron chi connectivity index (χ4n) is 2.31. The molecule has 0 fully saturated rings. The van der Waals surface area contributed by atoms with Crippen molar-refractivity contribution in [2.45, 2.75) is 20.4 Å². The Bertz CT molecular complexity index is 878. The van der Waals surface area contributed by atoms with Gasteiger partial charge in [-0.3, -0.25) is 19.7 Å². The largest absolute Gasteiger partial charge is 0.346 e. The molecule has 0 spiro atoms. The number of amides is 1. The minimum Gasteiger partial charge on any atom is -0.346 e. The van der Waals surface area contributed by atoms with Crippen LogP contribution in [0, 0.1) is 13.8 Å². The Hall–Kier alpha value is -2.53. The molecule has 116 valence electrons. The molecule has 2 aromatic heterocycles. The predicted molar refractivity (Wildman–Crippen MR) is 89.4 cm³/mol. The molecule has 5 nitrogen and oxygen atoms in total. The lowest BCUT2D eigenvalue weighted by molar-refractivity contribution is 0.0952. The van der Waals surface area contributed by atoms with Crippen molar-refractivity contribution in [3.05, 3.63) is 64.3 Å². The first-order chi connectivity index (χ1) is 11.0. The zero-order valence-electron chi connectivity index (χ0n) is 12.8. The summed E-state index contributed by atoms with van der Waals surface area (Å²) in [5, 5.41) is 4.13. The number of pyridine rings is 1. The number of nitrogens with zero attached hydrogens (tertiary/aromatic N) is 3. The lowest BCUT2D eigenvalue weighted by atomic mass is 10.1. The van der Waals surface area contributed by atoms with Crippen LogP contribution in [0.25, 0.3) is 10.9 Å². The van der Waals surface area contributed by atoms with E-state index >= 15 is 0 Å². The van der Waals surface area contributed by atoms with Crippen molar-refractivity contribution in [2.24, 2.45) is 0 Å². The summed E-state index contributed by atoms with van der Waals surface area (Å²) in [7, 11) is 0. The first kappa shape index (κ1) is 15.4. The second kappa shape index (κ2) is 6.30. The Balaban J connectivity index is 1.89. The van der Waals surface area contributed by atoms with Crippen molar-refractivity contribution in [3.8, 4) is 0 Å². The smallest absolute Gasteiger partial charge is 0.252 e. The Kier molecular flexibility index (Phi) is 4.21. The van der Waals surface area contributed by atoms with Gasteiger partial charge < -0.3 is 5.32 Å². The quantitative estimate of drug-likeness (QED) is 0.802. The van der Waals surface area contributed by atoms with Gasteiger partial charge in [0.25, 0.3) is 5.91 Å². The van der Waals surface area contributed by atoms with Gasteiger partial charge in [-0.2, -0.15) is 0 Å². The molecule has 23 heavy (non-hydrogen) atoms. The van der Waals surface area contributed by atoms with Gasteiger partial charge in [0, 0.05) is 17.3 Å². The van der Waals surface area contributed by atoms with Gasteiger partial charge in [-0.05, 0) is 26.0 Å². The maximum Gasteiger partial charge on any atom is 0.252 e. The van der Waals surface area contributed by atoms with Crippen molar-refractivity contribution in [1.29, 1.82) is 0 Å². The van der Waals surface area contributed by atoms with E-state index in [0.29, 0.717) is 28.3 Å². The van der Waals surface area contributed by atoms with E-state index < -0.39 is 0 Å². The van der Waals surface area contributed by atoms with E-state index in [9.17, 15) is 4.79 Å². The number of aryl methyl sites for hydroxylation is 2. The molecule has 1 aromatic carbocycles. The van der Waals surface area contributed by atoms with E-state index in [1.807, 2.05) is 26.0 Å². The summed E-state index contributed by atoms with van der Waals surface area (Å²) in [6.45, 7) is 4.02. The van der Waals surface area contributed by atoms with Crippen molar-refractivity contribution < 1.29 is 4.79 Å². The molecule has 3 aromatic rings. The number of rotatable bonds is 3. The highest BCUT2D eigenvalue weighted by Gasteiger charge is 2.13. The normalized spacial score (nSPS) is 10.7. The van der Waals surface area contributed by atoms with Gasteiger partial charge in [-0.25, -0.2) is 0 Å². The van der Waals surface area contributed by atoms with Crippen LogP contribution in [0.15, 0.2) is 36.7 Å². The molecule has 1 N–H and O–H groups in total. The molecule has 0 aliphatic carbocycles. The second-order valence-electron chi connectivity index (χ2n) is 5.28. The van der Waals surface area contributed by atoms with Crippen LogP contribution < -0.4 is 5.32 Å². The number of halogens is 1.